The molecule has 0 aliphatic rings. The first-order valence-electron chi connectivity index (χ1n) is 6.99. The van der Waals surface area contributed by atoms with E-state index in [0.717, 1.165) is 25.1 Å². The van der Waals surface area contributed by atoms with Crippen molar-refractivity contribution < 1.29 is 9.13 Å². The van der Waals surface area contributed by atoms with Crippen LogP contribution in [0, 0.1) is 12.7 Å². The average Bonchev–Trinajstić information content (AvgIpc) is 2.30. The number of nitrogens with one attached hydrogen (secondary N) is 1. The Morgan fingerprint density at radius 2 is 2.00 bits per heavy atom. The fraction of sp³-hybridized carbons (Fsp3) is 0.625. The van der Waals surface area contributed by atoms with E-state index < -0.39 is 0 Å². The maximum atomic E-state index is 13.2. The lowest BCUT2D eigenvalue weighted by Gasteiger charge is -2.26. The van der Waals surface area contributed by atoms with Crippen LogP contribution in [0.2, 0.25) is 0 Å². The monoisotopic (exact) mass is 267 g/mol. The van der Waals surface area contributed by atoms with Crippen LogP contribution in [0.4, 0.5) is 4.39 Å². The van der Waals surface area contributed by atoms with E-state index in [1.54, 1.807) is 19.1 Å². The summed E-state index contributed by atoms with van der Waals surface area (Å²) in [6.07, 6.45) is 2.17. The largest absolute Gasteiger partial charge is 0.489 e. The maximum Gasteiger partial charge on any atom is 0.126 e. The Balaban J connectivity index is 2.64. The Morgan fingerprint density at radius 1 is 1.32 bits per heavy atom. The zero-order chi connectivity index (χ0) is 14.5. The van der Waals surface area contributed by atoms with E-state index in [-0.39, 0.29) is 17.5 Å². The van der Waals surface area contributed by atoms with Gasteiger partial charge in [0.2, 0.25) is 0 Å². The number of rotatable bonds is 6. The predicted octanol–water partition coefficient (Wildman–Crippen LogP) is 4.07. The second kappa shape index (κ2) is 6.90. The Labute approximate surface area is 116 Å². The van der Waals surface area contributed by atoms with E-state index in [1.807, 2.05) is 0 Å². The molecule has 19 heavy (non-hydrogen) atoms. The molecule has 0 saturated heterocycles. The number of hydrogen-bond acceptors (Lipinski definition) is 2. The van der Waals surface area contributed by atoms with Crippen molar-refractivity contribution in [3.05, 3.63) is 29.6 Å². The smallest absolute Gasteiger partial charge is 0.126 e. The van der Waals surface area contributed by atoms with Gasteiger partial charge in [0.25, 0.3) is 0 Å². The molecule has 1 N–H and O–H groups in total. The first kappa shape index (κ1) is 16.0. The number of halogens is 1. The van der Waals surface area contributed by atoms with Crippen molar-refractivity contribution in [1.82, 2.24) is 5.32 Å². The molecule has 1 aromatic rings. The maximum absolute atomic E-state index is 13.2. The minimum atomic E-state index is -0.188. The van der Waals surface area contributed by atoms with Gasteiger partial charge in [-0.25, -0.2) is 4.39 Å². The van der Waals surface area contributed by atoms with Crippen molar-refractivity contribution in [2.75, 3.05) is 6.54 Å². The van der Waals surface area contributed by atoms with Crippen LogP contribution in [-0.2, 0) is 0 Å². The number of aryl methyl sites for hydroxylation is 1. The summed E-state index contributed by atoms with van der Waals surface area (Å²) < 4.78 is 19.2. The molecule has 0 aromatic heterocycles. The first-order chi connectivity index (χ1) is 8.81. The molecule has 108 valence electrons. The van der Waals surface area contributed by atoms with Gasteiger partial charge in [-0.05, 0) is 57.9 Å². The van der Waals surface area contributed by atoms with Crippen LogP contribution in [0.25, 0.3) is 0 Å². The molecule has 0 fully saturated rings. The molecule has 2 nitrogen and oxygen atoms in total. The average molecular weight is 267 g/mol. The van der Waals surface area contributed by atoms with Gasteiger partial charge in [-0.2, -0.15) is 0 Å². The lowest BCUT2D eigenvalue weighted by Crippen LogP contribution is -2.42. The zero-order valence-electron chi connectivity index (χ0n) is 12.7. The van der Waals surface area contributed by atoms with E-state index in [2.05, 4.69) is 33.0 Å². The minimum absolute atomic E-state index is 0.0774. The van der Waals surface area contributed by atoms with Crippen molar-refractivity contribution >= 4 is 0 Å². The summed E-state index contributed by atoms with van der Waals surface area (Å²) in [4.78, 5) is 0. The SMILES string of the molecule is CCCC(CNC(C)(C)C)Oc1ccc(F)c(C)c1. The van der Waals surface area contributed by atoms with Crippen LogP contribution in [0.3, 0.4) is 0 Å². The lowest BCUT2D eigenvalue weighted by molar-refractivity contribution is 0.174. The molecule has 1 atom stereocenters. The highest BCUT2D eigenvalue weighted by Crippen LogP contribution is 2.18. The van der Waals surface area contributed by atoms with Crippen molar-refractivity contribution in [2.24, 2.45) is 0 Å². The van der Waals surface area contributed by atoms with E-state index in [9.17, 15) is 4.39 Å². The molecule has 0 aliphatic heterocycles. The van der Waals surface area contributed by atoms with Gasteiger partial charge < -0.3 is 10.1 Å². The zero-order valence-corrected chi connectivity index (χ0v) is 12.7. The van der Waals surface area contributed by atoms with Crippen molar-refractivity contribution in [1.29, 1.82) is 0 Å². The van der Waals surface area contributed by atoms with Gasteiger partial charge >= 0.3 is 0 Å². The van der Waals surface area contributed by atoms with E-state index in [1.165, 1.54) is 6.07 Å². The van der Waals surface area contributed by atoms with Gasteiger partial charge in [0.15, 0.2) is 0 Å². The molecule has 0 bridgehead atoms. The Bertz CT molecular complexity index is 398. The summed E-state index contributed by atoms with van der Waals surface area (Å²) in [5.74, 6) is 0.556. The highest BCUT2D eigenvalue weighted by molar-refractivity contribution is 5.29. The standard InChI is InChI=1S/C16H26FNO/c1-6-7-14(11-18-16(3,4)5)19-13-8-9-15(17)12(2)10-13/h8-10,14,18H,6-7,11H2,1-5H3. The third kappa shape index (κ3) is 6.06. The molecule has 3 heteroatoms. The van der Waals surface area contributed by atoms with Crippen LogP contribution in [-0.4, -0.2) is 18.2 Å². The van der Waals surface area contributed by atoms with Gasteiger partial charge in [0.05, 0.1) is 0 Å². The van der Waals surface area contributed by atoms with Crippen LogP contribution < -0.4 is 10.1 Å². The topological polar surface area (TPSA) is 21.3 Å². The predicted molar refractivity (Wildman–Crippen MR) is 78.2 cm³/mol. The van der Waals surface area contributed by atoms with Crippen molar-refractivity contribution in [2.45, 2.75) is 59.1 Å². The van der Waals surface area contributed by atoms with Crippen molar-refractivity contribution in [3.63, 3.8) is 0 Å². The fourth-order valence-corrected chi connectivity index (χ4v) is 1.83. The highest BCUT2D eigenvalue weighted by atomic mass is 19.1. The summed E-state index contributed by atoms with van der Waals surface area (Å²) in [7, 11) is 0. The molecular weight excluding hydrogens is 241 g/mol. The molecule has 1 rings (SSSR count). The Kier molecular flexibility index (Phi) is 5.80. The molecule has 1 unspecified atom stereocenters. The van der Waals surface area contributed by atoms with Gasteiger partial charge in [-0.15, -0.1) is 0 Å². The number of benzene rings is 1. The molecular formula is C16H26FNO. The molecule has 0 aliphatic carbocycles. The second-order valence-corrected chi connectivity index (χ2v) is 6.07. The quantitative estimate of drug-likeness (QED) is 0.839. The summed E-state index contributed by atoms with van der Waals surface area (Å²) in [6.45, 7) is 11.1. The lowest BCUT2D eigenvalue weighted by atomic mass is 10.1. The summed E-state index contributed by atoms with van der Waals surface area (Å²) in [6, 6.07) is 4.92. The summed E-state index contributed by atoms with van der Waals surface area (Å²) >= 11 is 0. The normalized spacial score (nSPS) is 13.4. The van der Waals surface area contributed by atoms with E-state index >= 15 is 0 Å². The Hall–Kier alpha value is -1.09. The molecule has 0 amide bonds. The number of ether oxygens (including phenoxy) is 1. The molecule has 1 aromatic carbocycles. The van der Waals surface area contributed by atoms with Crippen molar-refractivity contribution in [3.8, 4) is 5.75 Å². The van der Waals surface area contributed by atoms with Gasteiger partial charge in [0.1, 0.15) is 17.7 Å². The van der Waals surface area contributed by atoms with Crippen LogP contribution in [0.1, 0.15) is 46.1 Å². The van der Waals surface area contributed by atoms with Gasteiger partial charge in [0, 0.05) is 12.1 Å². The van der Waals surface area contributed by atoms with Gasteiger partial charge in [-0.3, -0.25) is 0 Å². The second-order valence-electron chi connectivity index (χ2n) is 6.07. The third-order valence-electron chi connectivity index (χ3n) is 2.90. The summed E-state index contributed by atoms with van der Waals surface area (Å²) in [5, 5.41) is 3.45. The number of hydrogen-bond donors (Lipinski definition) is 1. The van der Waals surface area contributed by atoms with Gasteiger partial charge in [-0.1, -0.05) is 13.3 Å². The minimum Gasteiger partial charge on any atom is -0.489 e. The molecule has 0 spiro atoms. The molecule has 0 saturated carbocycles. The van der Waals surface area contributed by atoms with Crippen LogP contribution in [0.5, 0.6) is 5.75 Å². The van der Waals surface area contributed by atoms with E-state index in [0.29, 0.717) is 5.56 Å². The molecule has 0 radical (unpaired) electrons. The first-order valence-corrected chi connectivity index (χ1v) is 6.99. The van der Waals surface area contributed by atoms with E-state index in [4.69, 9.17) is 4.74 Å². The Morgan fingerprint density at radius 3 is 2.53 bits per heavy atom. The highest BCUT2D eigenvalue weighted by Gasteiger charge is 2.15. The van der Waals surface area contributed by atoms with Crippen LogP contribution in [0.15, 0.2) is 18.2 Å². The fourth-order valence-electron chi connectivity index (χ4n) is 1.83. The molecule has 0 heterocycles. The van der Waals surface area contributed by atoms with Crippen LogP contribution >= 0.6 is 0 Å². The third-order valence-corrected chi connectivity index (χ3v) is 2.90. The summed E-state index contributed by atoms with van der Waals surface area (Å²) in [5.41, 5.74) is 0.699.